The third-order valence-electron chi connectivity index (χ3n) is 2.45. The van der Waals surface area contributed by atoms with Crippen molar-refractivity contribution in [2.75, 3.05) is 0 Å². The van der Waals surface area contributed by atoms with Crippen molar-refractivity contribution >= 4 is 11.6 Å². The Kier molecular flexibility index (Phi) is 3.17. The Morgan fingerprint density at radius 1 is 1.22 bits per heavy atom. The molecule has 1 rings (SSSR count). The molecule has 5 nitrogen and oxygen atoms in total. The fourth-order valence-electron chi connectivity index (χ4n) is 1.73. The predicted octanol–water partition coefficient (Wildman–Crippen LogP) is 2.05. The summed E-state index contributed by atoms with van der Waals surface area (Å²) in [7, 11) is 0. The summed E-state index contributed by atoms with van der Waals surface area (Å²) >= 11 is 0. The van der Waals surface area contributed by atoms with Gasteiger partial charge >= 0.3 is 0 Å². The van der Waals surface area contributed by atoms with Gasteiger partial charge in [-0.05, 0) is 5.41 Å². The highest BCUT2D eigenvalue weighted by molar-refractivity contribution is 6.54. The molecule has 0 aliphatic heterocycles. The van der Waals surface area contributed by atoms with Gasteiger partial charge in [0.15, 0.2) is 5.70 Å². The number of nitrogens with zero attached hydrogens (tertiary/aromatic N) is 3. The summed E-state index contributed by atoms with van der Waals surface area (Å²) in [4.78, 5) is 29.8. The van der Waals surface area contributed by atoms with Gasteiger partial charge in [0.05, 0.1) is 19.2 Å². The monoisotopic (exact) mass is 239 g/mol. The highest BCUT2D eigenvalue weighted by atomic mass is 16.2. The number of Topliss-reactive ketones (excluding diaryl/α,β-unsaturated/α-hetero) is 2. The Morgan fingerprint density at radius 3 is 2.11 bits per heavy atom. The van der Waals surface area contributed by atoms with Crippen molar-refractivity contribution in [1.29, 1.82) is 5.26 Å². The Balaban J connectivity index is 3.79. The molecule has 0 aromatic rings. The molecule has 0 atom stereocenters. The van der Waals surface area contributed by atoms with Crippen LogP contribution in [0.1, 0.15) is 20.8 Å². The van der Waals surface area contributed by atoms with E-state index in [1.807, 2.05) is 0 Å². The highest BCUT2D eigenvalue weighted by Crippen LogP contribution is 2.39. The van der Waals surface area contributed by atoms with Gasteiger partial charge in [-0.3, -0.25) is 9.59 Å². The Labute approximate surface area is 105 Å². The molecule has 0 spiro atoms. The van der Waals surface area contributed by atoms with Crippen LogP contribution in [0, 0.1) is 29.9 Å². The van der Waals surface area contributed by atoms with Crippen molar-refractivity contribution in [2.24, 2.45) is 5.41 Å². The van der Waals surface area contributed by atoms with Crippen LogP contribution in [-0.2, 0) is 9.59 Å². The van der Waals surface area contributed by atoms with E-state index in [0.717, 1.165) is 0 Å². The summed E-state index contributed by atoms with van der Waals surface area (Å²) in [6.07, 6.45) is 0. The molecule has 0 aromatic carbocycles. The lowest BCUT2D eigenvalue weighted by Crippen LogP contribution is -2.19. The lowest BCUT2D eigenvalue weighted by Gasteiger charge is -2.19. The number of hydrogen-bond acceptors (Lipinski definition) is 3. The van der Waals surface area contributed by atoms with E-state index in [1.54, 1.807) is 26.8 Å². The minimum absolute atomic E-state index is 0.0777. The molecule has 0 saturated carbocycles. The average molecular weight is 239 g/mol. The normalized spacial score (nSPS) is 18.2. The molecular formula is C13H9N3O2. The maximum Gasteiger partial charge on any atom is 0.262 e. The van der Waals surface area contributed by atoms with Crippen molar-refractivity contribution in [1.82, 2.24) is 0 Å². The largest absolute Gasteiger partial charge is 0.288 e. The first-order valence-electron chi connectivity index (χ1n) is 5.03. The molecule has 18 heavy (non-hydrogen) atoms. The quantitative estimate of drug-likeness (QED) is 0.281. The molecule has 0 heterocycles. The van der Waals surface area contributed by atoms with Gasteiger partial charge in [-0.15, -0.1) is 0 Å². The Morgan fingerprint density at radius 2 is 1.78 bits per heavy atom. The van der Waals surface area contributed by atoms with Crippen molar-refractivity contribution < 1.29 is 9.59 Å². The van der Waals surface area contributed by atoms with Crippen molar-refractivity contribution in [3.63, 3.8) is 0 Å². The third kappa shape index (κ3) is 1.81. The van der Waals surface area contributed by atoms with Gasteiger partial charge < -0.3 is 0 Å². The summed E-state index contributed by atoms with van der Waals surface area (Å²) in [5, 5.41) is 8.78. The van der Waals surface area contributed by atoms with E-state index in [2.05, 4.69) is 9.69 Å². The van der Waals surface area contributed by atoms with Gasteiger partial charge in [0.2, 0.25) is 11.6 Å². The lowest BCUT2D eigenvalue weighted by atomic mass is 9.85. The van der Waals surface area contributed by atoms with Crippen molar-refractivity contribution in [3.8, 4) is 6.07 Å². The van der Waals surface area contributed by atoms with E-state index >= 15 is 0 Å². The van der Waals surface area contributed by atoms with Crippen LogP contribution in [-0.4, -0.2) is 11.6 Å². The van der Waals surface area contributed by atoms with Crippen molar-refractivity contribution in [2.45, 2.75) is 20.8 Å². The predicted molar refractivity (Wildman–Crippen MR) is 62.3 cm³/mol. The molecule has 0 fully saturated rings. The first-order valence-corrected chi connectivity index (χ1v) is 5.03. The molecule has 0 radical (unpaired) electrons. The maximum absolute atomic E-state index is 11.9. The second-order valence-electron chi connectivity index (χ2n) is 4.69. The zero-order valence-corrected chi connectivity index (χ0v) is 10.2. The van der Waals surface area contributed by atoms with Crippen LogP contribution < -0.4 is 0 Å². The smallest absolute Gasteiger partial charge is 0.262 e. The second-order valence-corrected chi connectivity index (χ2v) is 4.69. The van der Waals surface area contributed by atoms with Crippen LogP contribution >= 0.6 is 0 Å². The van der Waals surface area contributed by atoms with E-state index in [-0.39, 0.29) is 16.8 Å². The molecule has 0 saturated heterocycles. The van der Waals surface area contributed by atoms with Gasteiger partial charge in [0.1, 0.15) is 0 Å². The van der Waals surface area contributed by atoms with Crippen LogP contribution in [0.4, 0.5) is 0 Å². The number of allylic oxidation sites excluding steroid dienone is 3. The van der Waals surface area contributed by atoms with E-state index in [0.29, 0.717) is 0 Å². The number of carbonyl (C=O) groups excluding carboxylic acids is 2. The lowest BCUT2D eigenvalue weighted by molar-refractivity contribution is -0.131. The third-order valence-corrected chi connectivity index (χ3v) is 2.45. The molecular weight excluding hydrogens is 230 g/mol. The summed E-state index contributed by atoms with van der Waals surface area (Å²) in [5.74, 6) is -1.72. The summed E-state index contributed by atoms with van der Waals surface area (Å²) in [6.45, 7) is 19.0. The van der Waals surface area contributed by atoms with Gasteiger partial charge in [-0.25, -0.2) is 15.0 Å². The minimum Gasteiger partial charge on any atom is -0.288 e. The second kappa shape index (κ2) is 4.28. The van der Waals surface area contributed by atoms with Crippen molar-refractivity contribution in [3.05, 3.63) is 45.4 Å². The standard InChI is InChI=1S/C13H9N3O2/c1-13(2,3)9-10(16-5)8(7(6-14)15-4)11(17)12(9)18/h1-3H3/b8-7+. The van der Waals surface area contributed by atoms with E-state index in [9.17, 15) is 9.59 Å². The van der Waals surface area contributed by atoms with E-state index in [1.165, 1.54) is 0 Å². The zero-order valence-electron chi connectivity index (χ0n) is 10.2. The molecule has 0 unspecified atom stereocenters. The molecule has 88 valence electrons. The van der Waals surface area contributed by atoms with E-state index in [4.69, 9.17) is 18.4 Å². The topological polar surface area (TPSA) is 66.7 Å². The molecule has 1 aliphatic carbocycles. The molecule has 0 N–H and O–H groups in total. The summed E-state index contributed by atoms with van der Waals surface area (Å²) in [5.41, 5.74) is -1.62. The minimum atomic E-state index is -0.932. The van der Waals surface area contributed by atoms with Crippen LogP contribution in [0.15, 0.2) is 22.5 Å². The van der Waals surface area contributed by atoms with Crippen LogP contribution in [0.5, 0.6) is 0 Å². The Hall–Kier alpha value is -2.71. The van der Waals surface area contributed by atoms with Gasteiger partial charge in [0, 0.05) is 11.1 Å². The van der Waals surface area contributed by atoms with Crippen LogP contribution in [0.25, 0.3) is 9.69 Å². The van der Waals surface area contributed by atoms with Gasteiger partial charge in [-0.1, -0.05) is 20.8 Å². The molecule has 0 bridgehead atoms. The Bertz CT molecular complexity index is 622. The molecule has 1 aliphatic rings. The number of hydrogen-bond donors (Lipinski definition) is 0. The van der Waals surface area contributed by atoms with Gasteiger partial charge in [0.25, 0.3) is 5.70 Å². The molecule has 0 amide bonds. The fourth-order valence-corrected chi connectivity index (χ4v) is 1.73. The highest BCUT2D eigenvalue weighted by Gasteiger charge is 2.43. The zero-order chi connectivity index (χ0) is 14.1. The summed E-state index contributed by atoms with van der Waals surface area (Å²) < 4.78 is 0. The average Bonchev–Trinajstić information content (AvgIpc) is 2.54. The number of nitriles is 1. The van der Waals surface area contributed by atoms with E-state index < -0.39 is 22.7 Å². The van der Waals surface area contributed by atoms with Crippen LogP contribution in [0.3, 0.4) is 0 Å². The summed E-state index contributed by atoms with van der Waals surface area (Å²) in [6, 6.07) is 1.56. The number of ketones is 2. The van der Waals surface area contributed by atoms with Gasteiger partial charge in [-0.2, -0.15) is 0 Å². The maximum atomic E-state index is 11.9. The first kappa shape index (κ1) is 13.4. The number of rotatable bonds is 0. The van der Waals surface area contributed by atoms with Crippen LogP contribution in [0.2, 0.25) is 0 Å². The fraction of sp³-hybridized carbons (Fsp3) is 0.308. The molecule has 5 heteroatoms. The molecule has 0 aromatic heterocycles. The number of carbonyl (C=O) groups is 2. The first-order chi connectivity index (χ1) is 8.29. The SMILES string of the molecule is [C-]#[N+]C1=C(C(C)(C)C)C(=O)C(=O)/C1=C(\C#N)[N+]#[C-].